The maximum atomic E-state index is 12.3. The van der Waals surface area contributed by atoms with Crippen molar-refractivity contribution >= 4 is 22.7 Å². The molecule has 3 rings (SSSR count). The number of aromatic nitrogens is 2. The summed E-state index contributed by atoms with van der Waals surface area (Å²) in [7, 11) is 0. The minimum absolute atomic E-state index is 0.0242. The average Bonchev–Trinajstić information content (AvgIpc) is 3.04. The van der Waals surface area contributed by atoms with Gasteiger partial charge in [0.15, 0.2) is 0 Å². The molecule has 1 aromatic carbocycles. The Morgan fingerprint density at radius 2 is 1.85 bits per heavy atom. The van der Waals surface area contributed by atoms with Crippen LogP contribution in [0.3, 0.4) is 0 Å². The van der Waals surface area contributed by atoms with Crippen LogP contribution in [0.15, 0.2) is 48.9 Å². The first-order chi connectivity index (χ1) is 12.5. The monoisotopic (exact) mass is 350 g/mol. The minimum Gasteiger partial charge on any atom is -0.361 e. The van der Waals surface area contributed by atoms with Crippen molar-refractivity contribution in [3.05, 3.63) is 65.6 Å². The van der Waals surface area contributed by atoms with E-state index < -0.39 is 0 Å². The number of pyridine rings is 1. The van der Waals surface area contributed by atoms with Gasteiger partial charge in [0.1, 0.15) is 0 Å². The molecule has 3 N–H and O–H groups in total. The Bertz CT molecular complexity index is 930. The molecule has 0 saturated carbocycles. The number of hydrogen-bond donors (Lipinski definition) is 3. The van der Waals surface area contributed by atoms with Crippen LogP contribution in [0.1, 0.15) is 40.1 Å². The van der Waals surface area contributed by atoms with Crippen molar-refractivity contribution in [1.29, 1.82) is 0 Å². The summed E-state index contributed by atoms with van der Waals surface area (Å²) >= 11 is 0. The molecule has 2 heterocycles. The number of benzene rings is 1. The Labute approximate surface area is 152 Å². The summed E-state index contributed by atoms with van der Waals surface area (Å²) < 4.78 is 0. The Balaban J connectivity index is 1.61. The highest BCUT2D eigenvalue weighted by atomic mass is 16.2. The fourth-order valence-electron chi connectivity index (χ4n) is 2.79. The average molecular weight is 350 g/mol. The quantitative estimate of drug-likeness (QED) is 0.639. The van der Waals surface area contributed by atoms with Crippen molar-refractivity contribution in [2.24, 2.45) is 0 Å². The molecule has 0 bridgehead atoms. The Morgan fingerprint density at radius 3 is 2.62 bits per heavy atom. The maximum absolute atomic E-state index is 12.3. The third-order valence-corrected chi connectivity index (χ3v) is 4.04. The van der Waals surface area contributed by atoms with Crippen LogP contribution in [0, 0.1) is 0 Å². The fourth-order valence-corrected chi connectivity index (χ4v) is 2.79. The van der Waals surface area contributed by atoms with Crippen LogP contribution in [-0.4, -0.2) is 34.4 Å². The van der Waals surface area contributed by atoms with Gasteiger partial charge in [0.2, 0.25) is 0 Å². The van der Waals surface area contributed by atoms with E-state index in [1.807, 2.05) is 38.2 Å². The molecule has 0 aliphatic rings. The number of nitrogens with one attached hydrogen (secondary N) is 3. The topological polar surface area (TPSA) is 86.9 Å². The first-order valence-corrected chi connectivity index (χ1v) is 8.63. The highest BCUT2D eigenvalue weighted by Gasteiger charge is 2.12. The molecule has 6 nitrogen and oxygen atoms in total. The van der Waals surface area contributed by atoms with Gasteiger partial charge in [-0.2, -0.15) is 0 Å². The summed E-state index contributed by atoms with van der Waals surface area (Å²) in [5.41, 5.74) is 2.99. The fraction of sp³-hybridized carbons (Fsp3) is 0.250. The molecule has 2 amide bonds. The third kappa shape index (κ3) is 4.08. The highest BCUT2D eigenvalue weighted by Crippen LogP contribution is 2.17. The lowest BCUT2D eigenvalue weighted by atomic mass is 10.1. The van der Waals surface area contributed by atoms with Crippen LogP contribution >= 0.6 is 0 Å². The summed E-state index contributed by atoms with van der Waals surface area (Å²) in [6.07, 6.45) is 5.61. The molecule has 26 heavy (non-hydrogen) atoms. The lowest BCUT2D eigenvalue weighted by Gasteiger charge is -2.09. The van der Waals surface area contributed by atoms with Gasteiger partial charge < -0.3 is 15.6 Å². The standard InChI is InChI=1S/C20H22N4O2/c1-13(2)24-20(26)16-9-15(10-21-11-16)19(25)22-8-7-14-12-23-18-6-4-3-5-17(14)18/h3-6,9-13,23H,7-8H2,1-2H3,(H,22,25)(H,24,26). The summed E-state index contributed by atoms with van der Waals surface area (Å²) in [6.45, 7) is 4.27. The minimum atomic E-state index is -0.239. The van der Waals surface area contributed by atoms with Gasteiger partial charge in [-0.25, -0.2) is 0 Å². The second-order valence-electron chi connectivity index (χ2n) is 6.46. The molecular formula is C20H22N4O2. The van der Waals surface area contributed by atoms with Gasteiger partial charge >= 0.3 is 0 Å². The van der Waals surface area contributed by atoms with E-state index in [4.69, 9.17) is 0 Å². The summed E-state index contributed by atoms with van der Waals surface area (Å²) in [6, 6.07) is 9.65. The van der Waals surface area contributed by atoms with E-state index in [9.17, 15) is 9.59 Å². The third-order valence-electron chi connectivity index (χ3n) is 4.04. The van der Waals surface area contributed by atoms with E-state index in [0.717, 1.165) is 22.9 Å². The lowest BCUT2D eigenvalue weighted by Crippen LogP contribution is -2.31. The largest absolute Gasteiger partial charge is 0.361 e. The molecule has 0 aliphatic heterocycles. The van der Waals surface area contributed by atoms with E-state index in [0.29, 0.717) is 17.7 Å². The number of aromatic amines is 1. The maximum Gasteiger partial charge on any atom is 0.253 e. The number of carbonyl (C=O) groups excluding carboxylic acids is 2. The second-order valence-corrected chi connectivity index (χ2v) is 6.46. The highest BCUT2D eigenvalue weighted by molar-refractivity contribution is 5.99. The zero-order valence-electron chi connectivity index (χ0n) is 14.9. The SMILES string of the molecule is CC(C)NC(=O)c1cncc(C(=O)NCCc2c[nH]c3ccccc23)c1. The lowest BCUT2D eigenvalue weighted by molar-refractivity contribution is 0.0942. The number of H-pyrrole nitrogens is 1. The normalized spacial score (nSPS) is 10.9. The van der Waals surface area contributed by atoms with Crippen LogP contribution in [0.25, 0.3) is 10.9 Å². The smallest absolute Gasteiger partial charge is 0.253 e. The van der Waals surface area contributed by atoms with Crippen molar-refractivity contribution < 1.29 is 9.59 Å². The van der Waals surface area contributed by atoms with Crippen LogP contribution in [0.4, 0.5) is 0 Å². The molecule has 3 aromatic rings. The van der Waals surface area contributed by atoms with Crippen LogP contribution in [-0.2, 0) is 6.42 Å². The Morgan fingerprint density at radius 1 is 1.12 bits per heavy atom. The number of carbonyl (C=O) groups is 2. The molecule has 0 saturated heterocycles. The van der Waals surface area contributed by atoms with Crippen molar-refractivity contribution in [1.82, 2.24) is 20.6 Å². The molecule has 0 spiro atoms. The van der Waals surface area contributed by atoms with Gasteiger partial charge in [-0.3, -0.25) is 14.6 Å². The molecule has 0 fully saturated rings. The van der Waals surface area contributed by atoms with Gasteiger partial charge in [-0.05, 0) is 38.0 Å². The van der Waals surface area contributed by atoms with Crippen LogP contribution in [0.5, 0.6) is 0 Å². The Hall–Kier alpha value is -3.15. The van der Waals surface area contributed by atoms with Crippen molar-refractivity contribution in [2.75, 3.05) is 6.54 Å². The predicted octanol–water partition coefficient (Wildman–Crippen LogP) is 2.67. The predicted molar refractivity (Wildman–Crippen MR) is 101 cm³/mol. The van der Waals surface area contributed by atoms with Gasteiger partial charge in [0.05, 0.1) is 11.1 Å². The summed E-state index contributed by atoms with van der Waals surface area (Å²) in [4.78, 5) is 31.6. The molecular weight excluding hydrogens is 328 g/mol. The molecule has 0 radical (unpaired) electrons. The molecule has 0 atom stereocenters. The first kappa shape index (κ1) is 17.7. The van der Waals surface area contributed by atoms with Gasteiger partial charge in [0.25, 0.3) is 11.8 Å². The Kier molecular flexibility index (Phi) is 5.31. The number of hydrogen-bond acceptors (Lipinski definition) is 3. The van der Waals surface area contributed by atoms with E-state index >= 15 is 0 Å². The van der Waals surface area contributed by atoms with Gasteiger partial charge in [-0.1, -0.05) is 18.2 Å². The van der Waals surface area contributed by atoms with Crippen molar-refractivity contribution in [3.63, 3.8) is 0 Å². The van der Waals surface area contributed by atoms with Crippen LogP contribution < -0.4 is 10.6 Å². The molecule has 6 heteroatoms. The van der Waals surface area contributed by atoms with E-state index in [1.54, 1.807) is 6.07 Å². The van der Waals surface area contributed by atoms with E-state index in [-0.39, 0.29) is 17.9 Å². The zero-order valence-corrected chi connectivity index (χ0v) is 14.9. The first-order valence-electron chi connectivity index (χ1n) is 8.63. The summed E-state index contributed by atoms with van der Waals surface area (Å²) in [5, 5.41) is 6.84. The number of para-hydroxylation sites is 1. The van der Waals surface area contributed by atoms with Crippen LogP contribution in [0.2, 0.25) is 0 Å². The zero-order chi connectivity index (χ0) is 18.5. The number of rotatable bonds is 6. The van der Waals surface area contributed by atoms with Crippen molar-refractivity contribution in [2.45, 2.75) is 26.3 Å². The van der Waals surface area contributed by atoms with E-state index in [2.05, 4.69) is 26.7 Å². The second kappa shape index (κ2) is 7.82. The molecule has 0 unspecified atom stereocenters. The molecule has 0 aliphatic carbocycles. The summed E-state index contributed by atoms with van der Waals surface area (Å²) in [5.74, 6) is -0.475. The number of nitrogens with zero attached hydrogens (tertiary/aromatic N) is 1. The van der Waals surface area contributed by atoms with Gasteiger partial charge in [0, 0.05) is 42.1 Å². The number of amides is 2. The molecule has 134 valence electrons. The van der Waals surface area contributed by atoms with E-state index in [1.165, 1.54) is 12.4 Å². The van der Waals surface area contributed by atoms with Gasteiger partial charge in [-0.15, -0.1) is 0 Å². The number of fused-ring (bicyclic) bond motifs is 1. The van der Waals surface area contributed by atoms with Crippen molar-refractivity contribution in [3.8, 4) is 0 Å². The molecule has 2 aromatic heterocycles.